The van der Waals surface area contributed by atoms with Gasteiger partial charge in [0, 0.05) is 45.3 Å². The highest BCUT2D eigenvalue weighted by molar-refractivity contribution is 5.73. The van der Waals surface area contributed by atoms with Crippen molar-refractivity contribution in [2.24, 2.45) is 7.05 Å². The number of amides is 1. The second-order valence-corrected chi connectivity index (χ2v) is 5.47. The summed E-state index contributed by atoms with van der Waals surface area (Å²) in [6.45, 7) is 6.13. The van der Waals surface area contributed by atoms with Gasteiger partial charge in [-0.15, -0.1) is 0 Å². The third kappa shape index (κ3) is 3.02. The van der Waals surface area contributed by atoms with Gasteiger partial charge in [0.15, 0.2) is 0 Å². The summed E-state index contributed by atoms with van der Waals surface area (Å²) in [4.78, 5) is 13.2. The number of hydrogen-bond acceptors (Lipinski definition) is 3. The van der Waals surface area contributed by atoms with Crippen LogP contribution >= 0.6 is 0 Å². The number of carbonyl (C=O) groups excluding carboxylic acids is 1. The number of hydrogen-bond donors (Lipinski definition) is 1. The molecule has 108 valence electrons. The van der Waals surface area contributed by atoms with Crippen molar-refractivity contribution in [3.05, 3.63) is 23.0 Å². The molecule has 0 spiro atoms. The molecular weight excluding hydrogens is 252 g/mol. The van der Waals surface area contributed by atoms with Gasteiger partial charge in [-0.2, -0.15) is 5.26 Å². The summed E-state index contributed by atoms with van der Waals surface area (Å²) in [7, 11) is 1.92. The van der Waals surface area contributed by atoms with Gasteiger partial charge in [-0.25, -0.2) is 0 Å². The van der Waals surface area contributed by atoms with Gasteiger partial charge in [0.25, 0.3) is 0 Å². The molecule has 1 aromatic rings. The van der Waals surface area contributed by atoms with Crippen LogP contribution in [0.15, 0.2) is 6.07 Å². The number of aromatic nitrogens is 1. The fourth-order valence-electron chi connectivity index (χ4n) is 2.70. The van der Waals surface area contributed by atoms with Gasteiger partial charge in [0.2, 0.25) is 5.91 Å². The SMILES string of the molecule is CC(=O)N1CCC(NCc2cc(C#N)n(C)c2C)CC1. The molecule has 0 atom stereocenters. The number of likely N-dealkylation sites (tertiary alicyclic amines) is 1. The van der Waals surface area contributed by atoms with Gasteiger partial charge in [-0.05, 0) is 31.4 Å². The molecule has 0 unspecified atom stereocenters. The van der Waals surface area contributed by atoms with Crippen LogP contribution in [-0.2, 0) is 18.4 Å². The minimum absolute atomic E-state index is 0.168. The van der Waals surface area contributed by atoms with Crippen molar-refractivity contribution in [3.8, 4) is 6.07 Å². The second kappa shape index (κ2) is 6.10. The zero-order valence-electron chi connectivity index (χ0n) is 12.4. The summed E-state index contributed by atoms with van der Waals surface area (Å²) in [6, 6.07) is 4.61. The first-order valence-electron chi connectivity index (χ1n) is 7.07. The normalized spacial score (nSPS) is 16.2. The molecule has 2 rings (SSSR count). The largest absolute Gasteiger partial charge is 0.343 e. The van der Waals surface area contributed by atoms with Crippen molar-refractivity contribution in [3.63, 3.8) is 0 Å². The van der Waals surface area contributed by atoms with Crippen molar-refractivity contribution in [1.82, 2.24) is 14.8 Å². The van der Waals surface area contributed by atoms with Crippen LogP contribution in [0.25, 0.3) is 0 Å². The lowest BCUT2D eigenvalue weighted by Gasteiger charge is -2.31. The van der Waals surface area contributed by atoms with Crippen molar-refractivity contribution < 1.29 is 4.79 Å². The van der Waals surface area contributed by atoms with Crippen LogP contribution in [0, 0.1) is 18.3 Å². The molecular formula is C15H22N4O. The van der Waals surface area contributed by atoms with E-state index in [9.17, 15) is 4.79 Å². The molecule has 5 heteroatoms. The molecule has 0 aliphatic carbocycles. The van der Waals surface area contributed by atoms with E-state index in [1.165, 1.54) is 5.56 Å². The summed E-state index contributed by atoms with van der Waals surface area (Å²) < 4.78 is 1.93. The van der Waals surface area contributed by atoms with Crippen LogP contribution in [-0.4, -0.2) is 34.5 Å². The van der Waals surface area contributed by atoms with Crippen molar-refractivity contribution in [1.29, 1.82) is 5.26 Å². The first kappa shape index (κ1) is 14.6. The maximum atomic E-state index is 11.3. The first-order valence-corrected chi connectivity index (χ1v) is 7.07. The Hall–Kier alpha value is -1.80. The molecule has 1 N–H and O–H groups in total. The molecule has 1 amide bonds. The van der Waals surface area contributed by atoms with Gasteiger partial charge in [0.1, 0.15) is 11.8 Å². The van der Waals surface area contributed by atoms with Crippen LogP contribution < -0.4 is 5.32 Å². The molecule has 1 aliphatic heterocycles. The van der Waals surface area contributed by atoms with Crippen LogP contribution in [0.5, 0.6) is 0 Å². The Morgan fingerprint density at radius 3 is 2.65 bits per heavy atom. The number of piperidine rings is 1. The van der Waals surface area contributed by atoms with E-state index in [0.717, 1.165) is 38.2 Å². The Morgan fingerprint density at radius 2 is 2.15 bits per heavy atom. The van der Waals surface area contributed by atoms with Gasteiger partial charge in [0.05, 0.1) is 0 Å². The van der Waals surface area contributed by atoms with Crippen LogP contribution in [0.3, 0.4) is 0 Å². The van der Waals surface area contributed by atoms with E-state index in [2.05, 4.69) is 11.4 Å². The first-order chi connectivity index (χ1) is 9.52. The topological polar surface area (TPSA) is 61.1 Å². The molecule has 2 heterocycles. The summed E-state index contributed by atoms with van der Waals surface area (Å²) in [5, 5.41) is 12.6. The molecule has 1 aromatic heterocycles. The Bertz CT molecular complexity index is 533. The zero-order valence-corrected chi connectivity index (χ0v) is 12.4. The monoisotopic (exact) mass is 274 g/mol. The molecule has 1 fully saturated rings. The Balaban J connectivity index is 1.88. The third-order valence-electron chi connectivity index (χ3n) is 4.28. The lowest BCUT2D eigenvalue weighted by Crippen LogP contribution is -2.43. The predicted octanol–water partition coefficient (Wildman–Crippen LogP) is 1.31. The second-order valence-electron chi connectivity index (χ2n) is 5.47. The molecule has 1 saturated heterocycles. The molecule has 0 bridgehead atoms. The Kier molecular flexibility index (Phi) is 4.46. The molecule has 5 nitrogen and oxygen atoms in total. The fourth-order valence-corrected chi connectivity index (χ4v) is 2.70. The van der Waals surface area contributed by atoms with E-state index in [1.807, 2.05) is 29.5 Å². The van der Waals surface area contributed by atoms with E-state index in [0.29, 0.717) is 11.7 Å². The van der Waals surface area contributed by atoms with E-state index in [-0.39, 0.29) is 5.91 Å². The number of nitriles is 1. The average Bonchev–Trinajstić information content (AvgIpc) is 2.73. The van der Waals surface area contributed by atoms with Gasteiger partial charge >= 0.3 is 0 Å². The number of nitrogens with zero attached hydrogens (tertiary/aromatic N) is 3. The van der Waals surface area contributed by atoms with E-state index in [4.69, 9.17) is 5.26 Å². The van der Waals surface area contributed by atoms with Crippen molar-refractivity contribution in [2.75, 3.05) is 13.1 Å². The van der Waals surface area contributed by atoms with Gasteiger partial charge < -0.3 is 14.8 Å². The van der Waals surface area contributed by atoms with E-state index in [1.54, 1.807) is 6.92 Å². The smallest absolute Gasteiger partial charge is 0.219 e. The van der Waals surface area contributed by atoms with Crippen LogP contribution in [0.4, 0.5) is 0 Å². The van der Waals surface area contributed by atoms with E-state index < -0.39 is 0 Å². The zero-order chi connectivity index (χ0) is 14.7. The van der Waals surface area contributed by atoms with Crippen LogP contribution in [0.2, 0.25) is 0 Å². The van der Waals surface area contributed by atoms with Crippen molar-refractivity contribution in [2.45, 2.75) is 39.3 Å². The predicted molar refractivity (Wildman–Crippen MR) is 77.0 cm³/mol. The Labute approximate surface area is 120 Å². The van der Waals surface area contributed by atoms with Crippen LogP contribution in [0.1, 0.15) is 36.7 Å². The molecule has 1 aliphatic rings. The average molecular weight is 274 g/mol. The van der Waals surface area contributed by atoms with E-state index >= 15 is 0 Å². The minimum Gasteiger partial charge on any atom is -0.343 e. The van der Waals surface area contributed by atoms with Gasteiger partial charge in [-0.1, -0.05) is 0 Å². The van der Waals surface area contributed by atoms with Crippen molar-refractivity contribution >= 4 is 5.91 Å². The lowest BCUT2D eigenvalue weighted by molar-refractivity contribution is -0.129. The molecule has 20 heavy (non-hydrogen) atoms. The quantitative estimate of drug-likeness (QED) is 0.904. The maximum Gasteiger partial charge on any atom is 0.219 e. The maximum absolute atomic E-state index is 11.3. The highest BCUT2D eigenvalue weighted by Gasteiger charge is 2.20. The summed E-state index contributed by atoms with van der Waals surface area (Å²) >= 11 is 0. The molecule has 0 saturated carbocycles. The number of carbonyl (C=O) groups is 1. The summed E-state index contributed by atoms with van der Waals surface area (Å²) in [5.41, 5.74) is 3.01. The third-order valence-corrected chi connectivity index (χ3v) is 4.28. The highest BCUT2D eigenvalue weighted by atomic mass is 16.2. The summed E-state index contributed by atoms with van der Waals surface area (Å²) in [6.07, 6.45) is 1.99. The Morgan fingerprint density at radius 1 is 1.50 bits per heavy atom. The highest BCUT2D eigenvalue weighted by Crippen LogP contribution is 2.15. The molecule has 0 radical (unpaired) electrons. The lowest BCUT2D eigenvalue weighted by atomic mass is 10.0. The fraction of sp³-hybridized carbons (Fsp3) is 0.600. The number of rotatable bonds is 3. The standard InChI is InChI=1S/C15H22N4O/c1-11-13(8-15(9-16)18(11)3)10-17-14-4-6-19(7-5-14)12(2)20/h8,14,17H,4-7,10H2,1-3H3. The minimum atomic E-state index is 0.168. The number of nitrogens with one attached hydrogen (secondary N) is 1. The molecule has 0 aromatic carbocycles. The van der Waals surface area contributed by atoms with Gasteiger partial charge in [-0.3, -0.25) is 4.79 Å². The summed E-state index contributed by atoms with van der Waals surface area (Å²) in [5.74, 6) is 0.168.